The van der Waals surface area contributed by atoms with E-state index in [1.807, 2.05) is 18.7 Å². The molecule has 23 heavy (non-hydrogen) atoms. The fourth-order valence-electron chi connectivity index (χ4n) is 3.47. The van der Waals surface area contributed by atoms with E-state index in [-0.39, 0.29) is 18.6 Å². The highest BCUT2D eigenvalue weighted by Gasteiger charge is 2.38. The molecule has 4 heteroatoms. The Bertz CT molecular complexity index is 301. The van der Waals surface area contributed by atoms with Gasteiger partial charge in [-0.2, -0.15) is 11.8 Å². The molecule has 0 bridgehead atoms. The molecule has 1 aliphatic rings. The van der Waals surface area contributed by atoms with Gasteiger partial charge in [-0.1, -0.05) is 52.9 Å². The summed E-state index contributed by atoms with van der Waals surface area (Å²) in [6, 6.07) is 0. The van der Waals surface area contributed by atoms with E-state index in [0.29, 0.717) is 0 Å². The van der Waals surface area contributed by atoms with Crippen LogP contribution in [0.4, 0.5) is 0 Å². The van der Waals surface area contributed by atoms with Gasteiger partial charge in [0.15, 0.2) is 0 Å². The highest BCUT2D eigenvalue weighted by molar-refractivity contribution is 7.99. The van der Waals surface area contributed by atoms with Crippen molar-refractivity contribution in [1.82, 2.24) is 0 Å². The van der Waals surface area contributed by atoms with Crippen LogP contribution in [-0.2, 0) is 4.74 Å². The van der Waals surface area contributed by atoms with Crippen LogP contribution >= 0.6 is 11.8 Å². The Labute approximate surface area is 147 Å². The lowest BCUT2D eigenvalue weighted by atomic mass is 9.81. The van der Waals surface area contributed by atoms with Gasteiger partial charge in [-0.05, 0) is 25.2 Å². The topological polar surface area (TPSA) is 49.7 Å². The third-order valence-electron chi connectivity index (χ3n) is 5.14. The number of hydrogen-bond donors (Lipinski definition) is 2. The average molecular weight is 347 g/mol. The molecule has 1 saturated heterocycles. The van der Waals surface area contributed by atoms with Crippen molar-refractivity contribution in [3.63, 3.8) is 0 Å². The summed E-state index contributed by atoms with van der Waals surface area (Å²) < 4.78 is 5.78. The summed E-state index contributed by atoms with van der Waals surface area (Å²) in [6.45, 7) is 9.49. The maximum absolute atomic E-state index is 10.8. The molecule has 0 radical (unpaired) electrons. The van der Waals surface area contributed by atoms with Gasteiger partial charge < -0.3 is 14.9 Å². The zero-order chi connectivity index (χ0) is 17.3. The molecule has 1 aliphatic heterocycles. The maximum Gasteiger partial charge on any atom is 0.0743 e. The number of rotatable bonds is 11. The summed E-state index contributed by atoms with van der Waals surface area (Å²) in [5, 5.41) is 20.6. The first kappa shape index (κ1) is 21.3. The van der Waals surface area contributed by atoms with E-state index in [4.69, 9.17) is 4.74 Å². The third kappa shape index (κ3) is 8.24. The first-order valence-electron chi connectivity index (χ1n) is 9.39. The van der Waals surface area contributed by atoms with E-state index >= 15 is 0 Å². The van der Waals surface area contributed by atoms with Crippen molar-refractivity contribution in [3.05, 3.63) is 0 Å². The van der Waals surface area contributed by atoms with Gasteiger partial charge in [0.05, 0.1) is 24.9 Å². The van der Waals surface area contributed by atoms with Gasteiger partial charge >= 0.3 is 0 Å². The summed E-state index contributed by atoms with van der Waals surface area (Å²) in [4.78, 5) is 0. The van der Waals surface area contributed by atoms with E-state index < -0.39 is 5.60 Å². The van der Waals surface area contributed by atoms with Crippen LogP contribution in [0.2, 0.25) is 0 Å². The largest absolute Gasteiger partial charge is 0.396 e. The predicted octanol–water partition coefficient (Wildman–Crippen LogP) is 4.11. The van der Waals surface area contributed by atoms with Crippen LogP contribution in [0.5, 0.6) is 0 Å². The van der Waals surface area contributed by atoms with E-state index in [9.17, 15) is 10.2 Å². The standard InChI is InChI=1S/C19H38O3S/c1-15(2)7-5-8-16(3)9-6-10-19(4,21)17(13-20)18-14-23-12-11-22-18/h15-18,20-21H,5-14H2,1-4H3. The zero-order valence-corrected chi connectivity index (χ0v) is 16.4. The summed E-state index contributed by atoms with van der Waals surface area (Å²) >= 11 is 1.86. The smallest absolute Gasteiger partial charge is 0.0743 e. The van der Waals surface area contributed by atoms with E-state index in [0.717, 1.165) is 49.2 Å². The predicted molar refractivity (Wildman–Crippen MR) is 100.0 cm³/mol. The van der Waals surface area contributed by atoms with Gasteiger partial charge in [0, 0.05) is 17.4 Å². The molecule has 0 aliphatic carbocycles. The van der Waals surface area contributed by atoms with Crippen molar-refractivity contribution in [1.29, 1.82) is 0 Å². The minimum Gasteiger partial charge on any atom is -0.396 e. The van der Waals surface area contributed by atoms with Gasteiger partial charge in [0.1, 0.15) is 0 Å². The van der Waals surface area contributed by atoms with Crippen LogP contribution in [0.15, 0.2) is 0 Å². The molecule has 0 saturated carbocycles. The quantitative estimate of drug-likeness (QED) is 0.591. The van der Waals surface area contributed by atoms with Gasteiger partial charge in [-0.25, -0.2) is 0 Å². The normalized spacial score (nSPS) is 24.4. The van der Waals surface area contributed by atoms with E-state index in [1.165, 1.54) is 19.3 Å². The fourth-order valence-corrected chi connectivity index (χ4v) is 4.41. The van der Waals surface area contributed by atoms with Crippen LogP contribution in [0.25, 0.3) is 0 Å². The Kier molecular flexibility index (Phi) is 10.1. The fraction of sp³-hybridized carbons (Fsp3) is 1.00. The molecule has 4 atom stereocenters. The lowest BCUT2D eigenvalue weighted by molar-refractivity contribution is -0.0993. The van der Waals surface area contributed by atoms with Gasteiger partial charge in [0.2, 0.25) is 0 Å². The number of aliphatic hydroxyl groups excluding tert-OH is 1. The van der Waals surface area contributed by atoms with Crippen LogP contribution in [-0.4, -0.2) is 46.6 Å². The average Bonchev–Trinajstić information content (AvgIpc) is 2.48. The molecule has 1 fully saturated rings. The molecule has 138 valence electrons. The Morgan fingerprint density at radius 2 is 1.87 bits per heavy atom. The molecule has 3 nitrogen and oxygen atoms in total. The molecule has 1 rings (SSSR count). The molecule has 1 heterocycles. The summed E-state index contributed by atoms with van der Waals surface area (Å²) in [6.07, 6.45) is 6.81. The number of thioether (sulfide) groups is 1. The molecule has 4 unspecified atom stereocenters. The third-order valence-corrected chi connectivity index (χ3v) is 6.16. The van der Waals surface area contributed by atoms with Crippen LogP contribution in [0.1, 0.15) is 66.2 Å². The molecular weight excluding hydrogens is 308 g/mol. The zero-order valence-electron chi connectivity index (χ0n) is 15.6. The van der Waals surface area contributed by atoms with E-state index in [2.05, 4.69) is 20.8 Å². The van der Waals surface area contributed by atoms with Gasteiger partial charge in [0.25, 0.3) is 0 Å². The van der Waals surface area contributed by atoms with Crippen molar-refractivity contribution < 1.29 is 14.9 Å². The molecule has 2 N–H and O–H groups in total. The molecule has 0 aromatic rings. The second-order valence-electron chi connectivity index (χ2n) is 7.95. The van der Waals surface area contributed by atoms with Crippen LogP contribution in [0.3, 0.4) is 0 Å². The Morgan fingerprint density at radius 1 is 1.17 bits per heavy atom. The van der Waals surface area contributed by atoms with Crippen LogP contribution < -0.4 is 0 Å². The maximum atomic E-state index is 10.8. The second kappa shape index (κ2) is 11.0. The minimum absolute atomic E-state index is 0.00215. The molecule has 0 aromatic carbocycles. The van der Waals surface area contributed by atoms with Crippen molar-refractivity contribution >= 4 is 11.8 Å². The highest BCUT2D eigenvalue weighted by atomic mass is 32.2. The SMILES string of the molecule is CC(C)CCCC(C)CCCC(C)(O)C(CO)C1CSCCO1. The summed E-state index contributed by atoms with van der Waals surface area (Å²) in [5.74, 6) is 3.24. The van der Waals surface area contributed by atoms with Crippen molar-refractivity contribution in [3.8, 4) is 0 Å². The number of hydrogen-bond acceptors (Lipinski definition) is 4. The first-order valence-corrected chi connectivity index (χ1v) is 10.5. The number of ether oxygens (including phenoxy) is 1. The Balaban J connectivity index is 2.32. The molecule has 0 spiro atoms. The Morgan fingerprint density at radius 3 is 2.43 bits per heavy atom. The van der Waals surface area contributed by atoms with E-state index in [1.54, 1.807) is 0 Å². The lowest BCUT2D eigenvalue weighted by Crippen LogP contribution is -2.47. The highest BCUT2D eigenvalue weighted by Crippen LogP contribution is 2.32. The van der Waals surface area contributed by atoms with Gasteiger partial charge in [-0.3, -0.25) is 0 Å². The molecular formula is C19H38O3S. The second-order valence-corrected chi connectivity index (χ2v) is 9.10. The summed E-state index contributed by atoms with van der Waals surface area (Å²) in [5.41, 5.74) is -0.838. The lowest BCUT2D eigenvalue weighted by Gasteiger charge is -2.38. The molecule has 0 amide bonds. The van der Waals surface area contributed by atoms with Gasteiger partial charge in [-0.15, -0.1) is 0 Å². The first-order chi connectivity index (χ1) is 10.9. The van der Waals surface area contributed by atoms with Crippen molar-refractivity contribution in [2.24, 2.45) is 17.8 Å². The van der Waals surface area contributed by atoms with Crippen molar-refractivity contribution in [2.45, 2.75) is 77.9 Å². The number of aliphatic hydroxyl groups is 2. The minimum atomic E-state index is -0.838. The molecule has 0 aromatic heterocycles. The monoisotopic (exact) mass is 346 g/mol. The van der Waals surface area contributed by atoms with Crippen LogP contribution in [0, 0.1) is 17.8 Å². The Hall–Kier alpha value is 0.230. The van der Waals surface area contributed by atoms with Crippen molar-refractivity contribution in [2.75, 3.05) is 24.7 Å². The summed E-state index contributed by atoms with van der Waals surface area (Å²) in [7, 11) is 0.